The van der Waals surface area contributed by atoms with Crippen LogP contribution in [0.2, 0.25) is 0 Å². The van der Waals surface area contributed by atoms with Gasteiger partial charge in [0.05, 0.1) is 6.61 Å². The smallest absolute Gasteiger partial charge is 0.366 e. The predicted molar refractivity (Wildman–Crippen MR) is 57.3 cm³/mol. The van der Waals surface area contributed by atoms with Gasteiger partial charge in [-0.2, -0.15) is 0 Å². The summed E-state index contributed by atoms with van der Waals surface area (Å²) in [7, 11) is 0. The molecule has 0 spiro atoms. The summed E-state index contributed by atoms with van der Waals surface area (Å²) in [5.41, 5.74) is 0.440. The second-order valence-electron chi connectivity index (χ2n) is 3.85. The molecule has 0 saturated carbocycles. The fourth-order valence-corrected chi connectivity index (χ4v) is 1.77. The minimum Gasteiger partial charge on any atom is -0.381 e. The van der Waals surface area contributed by atoms with Crippen LogP contribution in [-0.2, 0) is 4.74 Å². The lowest BCUT2D eigenvalue weighted by Crippen LogP contribution is -2.24. The van der Waals surface area contributed by atoms with Crippen LogP contribution in [0.15, 0.2) is 6.20 Å². The second-order valence-corrected chi connectivity index (χ2v) is 3.85. The van der Waals surface area contributed by atoms with Crippen LogP contribution in [0.3, 0.4) is 0 Å². The molecule has 1 aromatic rings. The van der Waals surface area contributed by atoms with E-state index in [0.29, 0.717) is 18.2 Å². The Morgan fingerprint density at radius 1 is 1.75 bits per heavy atom. The lowest BCUT2D eigenvalue weighted by Gasteiger charge is -2.22. The monoisotopic (exact) mass is 226 g/mol. The number of H-pyrrole nitrogens is 1. The molecule has 0 radical (unpaired) electrons. The van der Waals surface area contributed by atoms with Gasteiger partial charge in [-0.05, 0) is 23.7 Å². The first-order valence-corrected chi connectivity index (χ1v) is 5.26. The Morgan fingerprint density at radius 3 is 3.31 bits per heavy atom. The maximum atomic E-state index is 10.6. The number of anilines is 1. The number of rotatable bonds is 4. The van der Waals surface area contributed by atoms with Crippen molar-refractivity contribution in [1.29, 1.82) is 0 Å². The highest BCUT2D eigenvalue weighted by atomic mass is 16.6. The molecule has 0 amide bonds. The maximum Gasteiger partial charge on any atom is 0.366 e. The van der Waals surface area contributed by atoms with E-state index in [2.05, 4.69) is 15.5 Å². The number of nitro groups is 1. The van der Waals surface area contributed by atoms with E-state index in [1.54, 1.807) is 0 Å². The molecule has 16 heavy (non-hydrogen) atoms. The van der Waals surface area contributed by atoms with Crippen LogP contribution < -0.4 is 5.32 Å². The zero-order chi connectivity index (χ0) is 11.4. The van der Waals surface area contributed by atoms with E-state index in [-0.39, 0.29) is 5.82 Å². The lowest BCUT2D eigenvalue weighted by molar-refractivity contribution is -0.388. The van der Waals surface area contributed by atoms with Crippen LogP contribution in [-0.4, -0.2) is 34.9 Å². The first-order chi connectivity index (χ1) is 7.77. The first-order valence-electron chi connectivity index (χ1n) is 5.26. The molecule has 1 aromatic heterocycles. The van der Waals surface area contributed by atoms with Crippen LogP contribution in [0.5, 0.6) is 0 Å². The summed E-state index contributed by atoms with van der Waals surface area (Å²) in [6.45, 7) is 2.22. The molecule has 2 rings (SSSR count). The third kappa shape index (κ3) is 2.48. The Kier molecular flexibility index (Phi) is 3.35. The quantitative estimate of drug-likeness (QED) is 0.593. The average molecular weight is 226 g/mol. The van der Waals surface area contributed by atoms with Crippen molar-refractivity contribution in [2.24, 2.45) is 5.92 Å². The number of nitrogens with one attached hydrogen (secondary N) is 2. The fraction of sp³-hybridized carbons (Fsp3) is 0.667. The summed E-state index contributed by atoms with van der Waals surface area (Å²) < 4.78 is 5.33. The van der Waals surface area contributed by atoms with Crippen LogP contribution in [0.4, 0.5) is 11.5 Å². The predicted octanol–water partition coefficient (Wildman–Crippen LogP) is 1.16. The Hall–Kier alpha value is -1.63. The zero-order valence-electron chi connectivity index (χ0n) is 8.81. The minimum atomic E-state index is -0.479. The van der Waals surface area contributed by atoms with Gasteiger partial charge in [0.1, 0.15) is 6.20 Å². The van der Waals surface area contributed by atoms with Gasteiger partial charge in [-0.25, -0.2) is 0 Å². The van der Waals surface area contributed by atoms with Crippen LogP contribution in [0.25, 0.3) is 0 Å². The average Bonchev–Trinajstić information content (AvgIpc) is 2.76. The van der Waals surface area contributed by atoms with Gasteiger partial charge in [0.2, 0.25) is 0 Å². The molecule has 7 heteroatoms. The SMILES string of the molecule is O=[N+]([O-])c1[nH]ncc1NCC1CCCOC1. The third-order valence-corrected chi connectivity index (χ3v) is 2.64. The van der Waals surface area contributed by atoms with E-state index in [4.69, 9.17) is 4.74 Å². The lowest BCUT2D eigenvalue weighted by atomic mass is 10.0. The highest BCUT2D eigenvalue weighted by molar-refractivity contribution is 5.55. The number of aromatic nitrogens is 2. The maximum absolute atomic E-state index is 10.6. The Labute approximate surface area is 92.3 Å². The van der Waals surface area contributed by atoms with E-state index in [1.165, 1.54) is 6.20 Å². The molecule has 0 aromatic carbocycles. The van der Waals surface area contributed by atoms with Gasteiger partial charge in [-0.3, -0.25) is 0 Å². The summed E-state index contributed by atoms with van der Waals surface area (Å²) >= 11 is 0. The molecular weight excluding hydrogens is 212 g/mol. The summed E-state index contributed by atoms with van der Waals surface area (Å²) in [6, 6.07) is 0. The summed E-state index contributed by atoms with van der Waals surface area (Å²) in [6.07, 6.45) is 3.58. The number of nitrogens with zero attached hydrogens (tertiary/aromatic N) is 2. The van der Waals surface area contributed by atoms with E-state index in [1.807, 2.05) is 0 Å². The molecule has 0 aliphatic carbocycles. The number of hydrogen-bond acceptors (Lipinski definition) is 5. The van der Waals surface area contributed by atoms with E-state index < -0.39 is 4.92 Å². The zero-order valence-corrected chi connectivity index (χ0v) is 8.81. The Bertz CT molecular complexity index is 359. The molecular formula is C9H14N4O3. The highest BCUT2D eigenvalue weighted by Gasteiger charge is 2.18. The molecule has 88 valence electrons. The van der Waals surface area contributed by atoms with Gasteiger partial charge in [-0.1, -0.05) is 5.10 Å². The van der Waals surface area contributed by atoms with Crippen molar-refractivity contribution in [3.63, 3.8) is 0 Å². The molecule has 2 heterocycles. The van der Waals surface area contributed by atoms with Crippen molar-refractivity contribution in [1.82, 2.24) is 10.2 Å². The van der Waals surface area contributed by atoms with Gasteiger partial charge in [0.25, 0.3) is 0 Å². The van der Waals surface area contributed by atoms with Crippen LogP contribution in [0, 0.1) is 16.0 Å². The summed E-state index contributed by atoms with van der Waals surface area (Å²) in [5.74, 6) is 0.333. The largest absolute Gasteiger partial charge is 0.381 e. The number of ether oxygens (including phenoxy) is 1. The van der Waals surface area contributed by atoms with Crippen molar-refractivity contribution in [2.75, 3.05) is 25.1 Å². The van der Waals surface area contributed by atoms with Gasteiger partial charge in [0.15, 0.2) is 5.69 Å². The fourth-order valence-electron chi connectivity index (χ4n) is 1.77. The van der Waals surface area contributed by atoms with Gasteiger partial charge in [-0.15, -0.1) is 5.10 Å². The first kappa shape index (κ1) is 10.9. The summed E-state index contributed by atoms with van der Waals surface area (Å²) in [4.78, 5) is 10.1. The third-order valence-electron chi connectivity index (χ3n) is 2.64. The molecule has 1 aliphatic rings. The van der Waals surface area contributed by atoms with Crippen LogP contribution >= 0.6 is 0 Å². The number of aromatic amines is 1. The standard InChI is InChI=1S/C9H14N4O3/c14-13(15)9-8(5-11-12-9)10-4-7-2-1-3-16-6-7/h5,7,10H,1-4,6H2,(H,11,12). The second kappa shape index (κ2) is 4.93. The molecule has 1 fully saturated rings. The Balaban J connectivity index is 1.88. The van der Waals surface area contributed by atoms with E-state index in [9.17, 15) is 10.1 Å². The van der Waals surface area contributed by atoms with Crippen molar-refractivity contribution < 1.29 is 9.66 Å². The van der Waals surface area contributed by atoms with Crippen molar-refractivity contribution in [3.8, 4) is 0 Å². The van der Waals surface area contributed by atoms with Crippen molar-refractivity contribution >= 4 is 11.5 Å². The molecule has 1 unspecified atom stereocenters. The normalized spacial score (nSPS) is 20.6. The molecule has 1 saturated heterocycles. The molecule has 0 bridgehead atoms. The molecule has 1 atom stereocenters. The van der Waals surface area contributed by atoms with Gasteiger partial charge in [0, 0.05) is 13.2 Å². The van der Waals surface area contributed by atoms with Gasteiger partial charge < -0.3 is 20.2 Å². The van der Waals surface area contributed by atoms with Gasteiger partial charge >= 0.3 is 5.82 Å². The molecule has 7 nitrogen and oxygen atoms in total. The number of hydrogen-bond donors (Lipinski definition) is 2. The topological polar surface area (TPSA) is 93.1 Å². The van der Waals surface area contributed by atoms with Crippen molar-refractivity contribution in [3.05, 3.63) is 16.3 Å². The minimum absolute atomic E-state index is 0.0864. The van der Waals surface area contributed by atoms with Crippen molar-refractivity contribution in [2.45, 2.75) is 12.8 Å². The summed E-state index contributed by atoms with van der Waals surface area (Å²) in [5, 5.41) is 19.6. The van der Waals surface area contributed by atoms with E-state index >= 15 is 0 Å². The molecule has 2 N–H and O–H groups in total. The molecule has 1 aliphatic heterocycles. The Morgan fingerprint density at radius 2 is 2.62 bits per heavy atom. The van der Waals surface area contributed by atoms with E-state index in [0.717, 1.165) is 26.1 Å². The van der Waals surface area contributed by atoms with Crippen LogP contribution in [0.1, 0.15) is 12.8 Å². The highest BCUT2D eigenvalue weighted by Crippen LogP contribution is 2.21.